The SMILES string of the molecule is N#Cc1ccc(NC(=O)C(N)(CSc2ccc(F)cc2)Cc2ccccc2)cc1C(F)(F)F. The van der Waals surface area contributed by atoms with Crippen LogP contribution in [0.1, 0.15) is 16.7 Å². The number of carbonyl (C=O) groups is 1. The van der Waals surface area contributed by atoms with Crippen molar-refractivity contribution in [1.82, 2.24) is 0 Å². The molecule has 0 radical (unpaired) electrons. The van der Waals surface area contributed by atoms with Gasteiger partial charge in [0.05, 0.1) is 17.2 Å². The topological polar surface area (TPSA) is 78.9 Å². The molecule has 1 amide bonds. The molecule has 1 unspecified atom stereocenters. The van der Waals surface area contributed by atoms with Crippen LogP contribution >= 0.6 is 11.8 Å². The van der Waals surface area contributed by atoms with Gasteiger partial charge in [-0.1, -0.05) is 30.3 Å². The average molecular weight is 473 g/mol. The monoisotopic (exact) mass is 473 g/mol. The normalized spacial score (nSPS) is 13.1. The van der Waals surface area contributed by atoms with Crippen molar-refractivity contribution in [3.63, 3.8) is 0 Å². The molecule has 0 aliphatic heterocycles. The molecule has 0 aromatic heterocycles. The van der Waals surface area contributed by atoms with Crippen molar-refractivity contribution in [2.75, 3.05) is 11.1 Å². The summed E-state index contributed by atoms with van der Waals surface area (Å²) >= 11 is 1.23. The number of nitrogens with two attached hydrogens (primary N) is 1. The lowest BCUT2D eigenvalue weighted by molar-refractivity contribution is -0.137. The van der Waals surface area contributed by atoms with E-state index in [9.17, 15) is 22.4 Å². The smallest absolute Gasteiger partial charge is 0.324 e. The van der Waals surface area contributed by atoms with Gasteiger partial charge in [-0.15, -0.1) is 11.8 Å². The van der Waals surface area contributed by atoms with Gasteiger partial charge in [0.25, 0.3) is 0 Å². The number of nitrogens with zero attached hydrogens (tertiary/aromatic N) is 1. The van der Waals surface area contributed by atoms with Gasteiger partial charge in [-0.05, 0) is 48.0 Å². The van der Waals surface area contributed by atoms with E-state index >= 15 is 0 Å². The molecular weight excluding hydrogens is 454 g/mol. The quantitative estimate of drug-likeness (QED) is 0.356. The van der Waals surface area contributed by atoms with Gasteiger partial charge in [0.15, 0.2) is 0 Å². The summed E-state index contributed by atoms with van der Waals surface area (Å²) in [6.07, 6.45) is -4.63. The van der Waals surface area contributed by atoms with Crippen molar-refractivity contribution >= 4 is 23.4 Å². The van der Waals surface area contributed by atoms with E-state index in [1.807, 2.05) is 6.07 Å². The fourth-order valence-electron chi connectivity index (χ4n) is 3.11. The summed E-state index contributed by atoms with van der Waals surface area (Å²) in [5, 5.41) is 11.4. The fourth-order valence-corrected chi connectivity index (χ4v) is 4.10. The summed E-state index contributed by atoms with van der Waals surface area (Å²) in [5.74, 6) is -0.998. The number of halogens is 4. The molecule has 3 N–H and O–H groups in total. The summed E-state index contributed by atoms with van der Waals surface area (Å²) in [6.45, 7) is 0. The van der Waals surface area contributed by atoms with Gasteiger partial charge in [0, 0.05) is 22.8 Å². The summed E-state index contributed by atoms with van der Waals surface area (Å²) < 4.78 is 53.1. The van der Waals surface area contributed by atoms with Crippen LogP contribution in [0, 0.1) is 17.1 Å². The molecule has 0 saturated carbocycles. The maximum atomic E-state index is 13.3. The van der Waals surface area contributed by atoms with Crippen LogP contribution in [0.2, 0.25) is 0 Å². The predicted octanol–water partition coefficient (Wildman–Crippen LogP) is 5.39. The summed E-state index contributed by atoms with van der Waals surface area (Å²) in [5.41, 5.74) is 3.96. The van der Waals surface area contributed by atoms with Crippen LogP contribution in [0.25, 0.3) is 0 Å². The molecule has 0 aliphatic rings. The predicted molar refractivity (Wildman–Crippen MR) is 119 cm³/mol. The van der Waals surface area contributed by atoms with Crippen LogP contribution in [-0.2, 0) is 17.4 Å². The highest BCUT2D eigenvalue weighted by molar-refractivity contribution is 7.99. The first-order valence-electron chi connectivity index (χ1n) is 9.75. The van der Waals surface area contributed by atoms with Crippen molar-refractivity contribution < 1.29 is 22.4 Å². The number of alkyl halides is 3. The number of carbonyl (C=O) groups excluding carboxylic acids is 1. The molecule has 1 atom stereocenters. The lowest BCUT2D eigenvalue weighted by atomic mass is 9.92. The molecule has 3 aromatic rings. The van der Waals surface area contributed by atoms with Gasteiger partial charge in [0.2, 0.25) is 5.91 Å². The van der Waals surface area contributed by atoms with Crippen LogP contribution in [-0.4, -0.2) is 17.2 Å². The highest BCUT2D eigenvalue weighted by atomic mass is 32.2. The van der Waals surface area contributed by atoms with E-state index in [0.29, 0.717) is 11.0 Å². The first-order valence-corrected chi connectivity index (χ1v) is 10.7. The van der Waals surface area contributed by atoms with Crippen LogP contribution < -0.4 is 11.1 Å². The molecule has 3 rings (SSSR count). The molecule has 3 aromatic carbocycles. The van der Waals surface area contributed by atoms with Crippen LogP contribution in [0.15, 0.2) is 77.7 Å². The standard InChI is InChI=1S/C24H19F4N3OS/c25-18-7-10-20(11-8-18)33-15-23(30,13-16-4-2-1-3-5-16)22(32)31-19-9-6-17(14-29)21(12-19)24(26,27)28/h1-12H,13,15,30H2,(H,31,32). The minimum Gasteiger partial charge on any atom is -0.324 e. The largest absolute Gasteiger partial charge is 0.417 e. The highest BCUT2D eigenvalue weighted by Crippen LogP contribution is 2.34. The van der Waals surface area contributed by atoms with Crippen molar-refractivity contribution in [3.05, 3.63) is 95.3 Å². The molecule has 0 heterocycles. The molecule has 33 heavy (non-hydrogen) atoms. The third kappa shape index (κ3) is 6.34. The zero-order chi connectivity index (χ0) is 24.1. The average Bonchev–Trinajstić information content (AvgIpc) is 2.79. The number of amides is 1. The Hall–Kier alpha value is -3.35. The van der Waals surface area contributed by atoms with Crippen molar-refractivity contribution in [1.29, 1.82) is 5.26 Å². The summed E-state index contributed by atoms with van der Waals surface area (Å²) in [7, 11) is 0. The molecule has 170 valence electrons. The Morgan fingerprint density at radius 2 is 1.70 bits per heavy atom. The molecule has 0 fully saturated rings. The maximum absolute atomic E-state index is 13.3. The number of rotatable bonds is 7. The summed E-state index contributed by atoms with van der Waals surface area (Å²) in [4.78, 5) is 13.9. The molecule has 0 bridgehead atoms. The molecule has 9 heteroatoms. The second-order valence-electron chi connectivity index (χ2n) is 7.39. The Bertz CT molecular complexity index is 1160. The number of hydrogen-bond acceptors (Lipinski definition) is 4. The lowest BCUT2D eigenvalue weighted by Crippen LogP contribution is -2.55. The molecule has 0 aliphatic carbocycles. The van der Waals surface area contributed by atoms with E-state index in [1.54, 1.807) is 36.4 Å². The zero-order valence-electron chi connectivity index (χ0n) is 17.2. The summed E-state index contributed by atoms with van der Waals surface area (Å²) in [6, 6.07) is 19.1. The number of hydrogen-bond donors (Lipinski definition) is 2. The van der Waals surface area contributed by atoms with E-state index < -0.39 is 34.6 Å². The number of benzene rings is 3. The fraction of sp³-hybridized carbons (Fsp3) is 0.167. The number of nitrogens with one attached hydrogen (secondary N) is 1. The molecule has 0 spiro atoms. The van der Waals surface area contributed by atoms with Crippen LogP contribution in [0.5, 0.6) is 0 Å². The Balaban J connectivity index is 1.87. The second kappa shape index (κ2) is 10.1. The number of thioether (sulfide) groups is 1. The van der Waals surface area contributed by atoms with Gasteiger partial charge >= 0.3 is 6.18 Å². The Labute approximate surface area is 192 Å². The van der Waals surface area contributed by atoms with Gasteiger partial charge in [-0.25, -0.2) is 4.39 Å². The minimum absolute atomic E-state index is 0.0851. The first kappa shape index (κ1) is 24.3. The van der Waals surface area contributed by atoms with E-state index in [2.05, 4.69) is 5.32 Å². The van der Waals surface area contributed by atoms with Crippen molar-refractivity contribution in [2.45, 2.75) is 23.0 Å². The van der Waals surface area contributed by atoms with Crippen LogP contribution in [0.3, 0.4) is 0 Å². The Morgan fingerprint density at radius 1 is 1.03 bits per heavy atom. The van der Waals surface area contributed by atoms with Crippen molar-refractivity contribution in [3.8, 4) is 6.07 Å². The van der Waals surface area contributed by atoms with Gasteiger partial charge in [0.1, 0.15) is 11.4 Å². The van der Waals surface area contributed by atoms with Gasteiger partial charge in [-0.2, -0.15) is 18.4 Å². The Morgan fingerprint density at radius 3 is 2.30 bits per heavy atom. The third-order valence-corrected chi connectivity index (χ3v) is 6.09. The molecular formula is C24H19F4N3OS. The van der Waals surface area contributed by atoms with E-state index in [1.165, 1.54) is 36.0 Å². The van der Waals surface area contributed by atoms with E-state index in [-0.39, 0.29) is 17.9 Å². The van der Waals surface area contributed by atoms with Crippen molar-refractivity contribution in [2.24, 2.45) is 5.73 Å². The second-order valence-corrected chi connectivity index (χ2v) is 8.43. The number of nitriles is 1. The number of anilines is 1. The third-order valence-electron chi connectivity index (χ3n) is 4.83. The van der Waals surface area contributed by atoms with Gasteiger partial charge < -0.3 is 11.1 Å². The lowest BCUT2D eigenvalue weighted by Gasteiger charge is -2.28. The minimum atomic E-state index is -4.76. The molecule has 0 saturated heterocycles. The highest BCUT2D eigenvalue weighted by Gasteiger charge is 2.36. The van der Waals surface area contributed by atoms with Gasteiger partial charge in [-0.3, -0.25) is 4.79 Å². The first-order chi connectivity index (χ1) is 15.6. The zero-order valence-corrected chi connectivity index (χ0v) is 18.0. The van der Waals surface area contributed by atoms with Crippen LogP contribution in [0.4, 0.5) is 23.2 Å². The maximum Gasteiger partial charge on any atom is 0.417 e. The molecule has 4 nitrogen and oxygen atoms in total. The van der Waals surface area contributed by atoms with E-state index in [0.717, 1.165) is 11.6 Å². The van der Waals surface area contributed by atoms with E-state index in [4.69, 9.17) is 11.0 Å². The Kier molecular flexibility index (Phi) is 7.41.